The Balaban J connectivity index is 2.58. The Bertz CT molecular complexity index is 503. The van der Waals surface area contributed by atoms with Gasteiger partial charge in [0.05, 0.1) is 0 Å². The number of nitrogens with two attached hydrogens (primary N) is 1. The van der Waals surface area contributed by atoms with Gasteiger partial charge in [-0.05, 0) is 28.1 Å². The molecule has 2 rings (SSSR count). The van der Waals surface area contributed by atoms with Gasteiger partial charge < -0.3 is 5.73 Å². The lowest BCUT2D eigenvalue weighted by atomic mass is 10.2. The zero-order valence-electron chi connectivity index (χ0n) is 7.48. The summed E-state index contributed by atoms with van der Waals surface area (Å²) in [6.07, 6.45) is 0. The van der Waals surface area contributed by atoms with Crippen LogP contribution in [0.2, 0.25) is 5.02 Å². The van der Waals surface area contributed by atoms with Crippen molar-refractivity contribution in [3.63, 3.8) is 0 Å². The van der Waals surface area contributed by atoms with E-state index in [4.69, 9.17) is 17.3 Å². The molecule has 6 heteroatoms. The second kappa shape index (κ2) is 4.12. The van der Waals surface area contributed by atoms with Gasteiger partial charge in [0, 0.05) is 10.6 Å². The minimum atomic E-state index is 0.133. The van der Waals surface area contributed by atoms with Crippen LogP contribution in [0.15, 0.2) is 28.9 Å². The predicted octanol–water partition coefficient (Wildman–Crippen LogP) is 2.54. The highest BCUT2D eigenvalue weighted by Crippen LogP contribution is 2.26. The molecule has 0 aliphatic rings. The minimum Gasteiger partial charge on any atom is -0.366 e. The van der Waals surface area contributed by atoms with Gasteiger partial charge in [0.15, 0.2) is 4.60 Å². The molecule has 0 bridgehead atoms. The van der Waals surface area contributed by atoms with Gasteiger partial charge in [-0.25, -0.2) is 4.98 Å². The van der Waals surface area contributed by atoms with Gasteiger partial charge in [-0.3, -0.25) is 0 Å². The fraction of sp³-hybridized carbons (Fsp3) is 0. The van der Waals surface area contributed by atoms with Crippen molar-refractivity contribution in [3.8, 4) is 11.3 Å². The first-order valence-corrected chi connectivity index (χ1v) is 5.25. The Morgan fingerprint density at radius 1 is 1.27 bits per heavy atom. The Hall–Kier alpha value is -1.20. The third-order valence-corrected chi connectivity index (χ3v) is 2.53. The van der Waals surface area contributed by atoms with Crippen molar-refractivity contribution >= 4 is 33.5 Å². The second-order valence-corrected chi connectivity index (χ2v) is 4.01. The maximum absolute atomic E-state index is 5.88. The molecule has 2 aromatic rings. The molecule has 0 spiro atoms. The van der Waals surface area contributed by atoms with Crippen molar-refractivity contribution in [3.05, 3.63) is 33.9 Å². The Labute approximate surface area is 99.6 Å². The fourth-order valence-corrected chi connectivity index (χ4v) is 1.73. The summed E-state index contributed by atoms with van der Waals surface area (Å²) in [5.74, 6) is 0.133. The van der Waals surface area contributed by atoms with Crippen LogP contribution in [0, 0.1) is 0 Å². The van der Waals surface area contributed by atoms with E-state index < -0.39 is 0 Å². The maximum Gasteiger partial charge on any atom is 0.240 e. The molecule has 4 nitrogen and oxygen atoms in total. The van der Waals surface area contributed by atoms with E-state index >= 15 is 0 Å². The van der Waals surface area contributed by atoms with Gasteiger partial charge in [-0.1, -0.05) is 23.7 Å². The molecule has 0 amide bonds. The van der Waals surface area contributed by atoms with E-state index in [2.05, 4.69) is 31.1 Å². The van der Waals surface area contributed by atoms with E-state index in [1.165, 1.54) is 0 Å². The first-order chi connectivity index (χ1) is 7.16. The number of aromatic nitrogens is 3. The molecule has 0 saturated carbocycles. The van der Waals surface area contributed by atoms with E-state index in [0.29, 0.717) is 15.3 Å². The summed E-state index contributed by atoms with van der Waals surface area (Å²) in [4.78, 5) is 4.08. The summed E-state index contributed by atoms with van der Waals surface area (Å²) in [7, 11) is 0. The SMILES string of the molecule is Nc1nnc(Br)c(-c2cccc(Cl)c2)n1. The highest BCUT2D eigenvalue weighted by atomic mass is 79.9. The average Bonchev–Trinajstić information content (AvgIpc) is 2.22. The highest BCUT2D eigenvalue weighted by molar-refractivity contribution is 9.10. The topological polar surface area (TPSA) is 64.7 Å². The van der Waals surface area contributed by atoms with Crippen molar-refractivity contribution in [2.45, 2.75) is 0 Å². The molecular weight excluding hydrogens is 279 g/mol. The summed E-state index contributed by atoms with van der Waals surface area (Å²) in [5.41, 5.74) is 6.94. The first kappa shape index (κ1) is 10.3. The standard InChI is InChI=1S/C9H6BrClN4/c10-8-7(13-9(12)15-14-8)5-2-1-3-6(11)4-5/h1-4H,(H2,12,13,15). The monoisotopic (exact) mass is 284 g/mol. The van der Waals surface area contributed by atoms with Crippen LogP contribution in [-0.2, 0) is 0 Å². The van der Waals surface area contributed by atoms with Crippen LogP contribution in [0.4, 0.5) is 5.95 Å². The van der Waals surface area contributed by atoms with Crippen molar-refractivity contribution < 1.29 is 0 Å². The number of halogens is 2. The number of benzene rings is 1. The summed E-state index contributed by atoms with van der Waals surface area (Å²) >= 11 is 9.13. The van der Waals surface area contributed by atoms with Gasteiger partial charge in [-0.15, -0.1) is 10.2 Å². The van der Waals surface area contributed by atoms with Crippen LogP contribution in [0.3, 0.4) is 0 Å². The predicted molar refractivity (Wildman–Crippen MR) is 62.4 cm³/mol. The summed E-state index contributed by atoms with van der Waals surface area (Å²) in [6, 6.07) is 7.29. The van der Waals surface area contributed by atoms with Gasteiger partial charge in [0.2, 0.25) is 5.95 Å². The maximum atomic E-state index is 5.88. The molecule has 1 aromatic carbocycles. The summed E-state index contributed by atoms with van der Waals surface area (Å²) < 4.78 is 0.541. The van der Waals surface area contributed by atoms with E-state index in [0.717, 1.165) is 5.56 Å². The average molecular weight is 286 g/mol. The molecule has 0 saturated heterocycles. The van der Waals surface area contributed by atoms with Gasteiger partial charge >= 0.3 is 0 Å². The van der Waals surface area contributed by atoms with Gasteiger partial charge in [-0.2, -0.15) is 0 Å². The van der Waals surface area contributed by atoms with Crippen LogP contribution in [0.1, 0.15) is 0 Å². The van der Waals surface area contributed by atoms with Crippen LogP contribution in [0.5, 0.6) is 0 Å². The number of nitrogen functional groups attached to an aromatic ring is 1. The molecular formula is C9H6BrClN4. The number of hydrogen-bond acceptors (Lipinski definition) is 4. The van der Waals surface area contributed by atoms with E-state index in [1.54, 1.807) is 12.1 Å². The van der Waals surface area contributed by atoms with E-state index in [-0.39, 0.29) is 5.95 Å². The summed E-state index contributed by atoms with van der Waals surface area (Å²) in [5, 5.41) is 8.08. The Kier molecular flexibility index (Phi) is 2.83. The van der Waals surface area contributed by atoms with Crippen molar-refractivity contribution in [2.75, 3.05) is 5.73 Å². The number of nitrogens with zero attached hydrogens (tertiary/aromatic N) is 3. The molecule has 0 fully saturated rings. The smallest absolute Gasteiger partial charge is 0.240 e. The number of hydrogen-bond donors (Lipinski definition) is 1. The van der Waals surface area contributed by atoms with Gasteiger partial charge in [0.25, 0.3) is 0 Å². The van der Waals surface area contributed by atoms with Crippen molar-refractivity contribution in [1.82, 2.24) is 15.2 Å². The van der Waals surface area contributed by atoms with E-state index in [1.807, 2.05) is 12.1 Å². The lowest BCUT2D eigenvalue weighted by Gasteiger charge is -2.03. The minimum absolute atomic E-state index is 0.133. The molecule has 1 heterocycles. The Morgan fingerprint density at radius 2 is 2.07 bits per heavy atom. The fourth-order valence-electron chi connectivity index (χ4n) is 1.14. The van der Waals surface area contributed by atoms with Crippen molar-refractivity contribution in [1.29, 1.82) is 0 Å². The number of rotatable bonds is 1. The zero-order chi connectivity index (χ0) is 10.8. The lowest BCUT2D eigenvalue weighted by Crippen LogP contribution is -1.99. The second-order valence-electron chi connectivity index (χ2n) is 2.82. The third-order valence-electron chi connectivity index (χ3n) is 1.76. The molecule has 15 heavy (non-hydrogen) atoms. The molecule has 0 radical (unpaired) electrons. The Morgan fingerprint density at radius 3 is 2.80 bits per heavy atom. The molecule has 76 valence electrons. The van der Waals surface area contributed by atoms with E-state index in [9.17, 15) is 0 Å². The summed E-state index contributed by atoms with van der Waals surface area (Å²) in [6.45, 7) is 0. The zero-order valence-corrected chi connectivity index (χ0v) is 9.83. The molecule has 0 aliphatic heterocycles. The van der Waals surface area contributed by atoms with Crippen LogP contribution in [0.25, 0.3) is 11.3 Å². The quantitative estimate of drug-likeness (QED) is 0.874. The normalized spacial score (nSPS) is 10.3. The first-order valence-electron chi connectivity index (χ1n) is 4.08. The van der Waals surface area contributed by atoms with Crippen LogP contribution < -0.4 is 5.73 Å². The largest absolute Gasteiger partial charge is 0.366 e. The molecule has 0 atom stereocenters. The van der Waals surface area contributed by atoms with Crippen LogP contribution in [-0.4, -0.2) is 15.2 Å². The molecule has 0 aliphatic carbocycles. The van der Waals surface area contributed by atoms with Crippen LogP contribution >= 0.6 is 27.5 Å². The highest BCUT2D eigenvalue weighted by Gasteiger charge is 2.07. The third kappa shape index (κ3) is 2.24. The molecule has 2 N–H and O–H groups in total. The number of anilines is 1. The molecule has 1 aromatic heterocycles. The van der Waals surface area contributed by atoms with Crippen molar-refractivity contribution in [2.24, 2.45) is 0 Å². The lowest BCUT2D eigenvalue weighted by molar-refractivity contribution is 0.966. The molecule has 0 unspecified atom stereocenters. The van der Waals surface area contributed by atoms with Gasteiger partial charge in [0.1, 0.15) is 5.69 Å².